The largest absolute Gasteiger partial charge is 0.399 e. The molecule has 25 heavy (non-hydrogen) atoms. The van der Waals surface area contributed by atoms with Crippen molar-refractivity contribution in [2.45, 2.75) is 31.6 Å². The van der Waals surface area contributed by atoms with Crippen LogP contribution < -0.4 is 5.73 Å². The molecule has 1 aromatic rings. The first kappa shape index (κ1) is 16.7. The van der Waals surface area contributed by atoms with Gasteiger partial charge in [0.25, 0.3) is 0 Å². The lowest BCUT2D eigenvalue weighted by Crippen LogP contribution is -2.42. The van der Waals surface area contributed by atoms with Crippen LogP contribution in [0.4, 0.5) is 4.39 Å². The van der Waals surface area contributed by atoms with Crippen LogP contribution in [0.3, 0.4) is 0 Å². The zero-order chi connectivity index (χ0) is 18.0. The Bertz CT molecular complexity index is 860. The fraction of sp³-hybridized carbons (Fsp3) is 0.350. The van der Waals surface area contributed by atoms with Crippen molar-refractivity contribution in [3.05, 3.63) is 58.6 Å². The van der Waals surface area contributed by atoms with Crippen LogP contribution in [0.2, 0.25) is 0 Å². The molecule has 4 nitrogen and oxygen atoms in total. The van der Waals surface area contributed by atoms with E-state index in [0.29, 0.717) is 5.56 Å². The highest BCUT2D eigenvalue weighted by molar-refractivity contribution is 5.58. The van der Waals surface area contributed by atoms with Crippen molar-refractivity contribution >= 4 is 0 Å². The maximum Gasteiger partial charge on any atom is 0.191 e. The molecule has 124 valence electrons. The predicted molar refractivity (Wildman–Crippen MR) is 89.7 cm³/mol. The number of nitrogens with two attached hydrogens (primary N) is 1. The summed E-state index contributed by atoms with van der Waals surface area (Å²) >= 11 is 0. The van der Waals surface area contributed by atoms with Crippen LogP contribution in [0.5, 0.6) is 0 Å². The molecule has 0 aliphatic heterocycles. The summed E-state index contributed by atoms with van der Waals surface area (Å²) in [5.41, 5.74) is 6.37. The van der Waals surface area contributed by atoms with Crippen molar-refractivity contribution in [1.29, 1.82) is 15.8 Å². The Morgan fingerprint density at radius 2 is 1.76 bits per heavy atom. The van der Waals surface area contributed by atoms with Gasteiger partial charge in [-0.15, -0.1) is 0 Å². The molecule has 0 amide bonds. The van der Waals surface area contributed by atoms with Crippen LogP contribution in [0.25, 0.3) is 0 Å². The van der Waals surface area contributed by atoms with Gasteiger partial charge in [0.05, 0.1) is 23.4 Å². The van der Waals surface area contributed by atoms with Crippen molar-refractivity contribution in [3.63, 3.8) is 0 Å². The Balaban J connectivity index is 2.31. The smallest absolute Gasteiger partial charge is 0.191 e. The van der Waals surface area contributed by atoms with Crippen LogP contribution >= 0.6 is 0 Å². The number of benzene rings is 1. The minimum atomic E-state index is -1.63. The molecular formula is C20H17FN4. The zero-order valence-electron chi connectivity index (χ0n) is 13.7. The molecule has 0 bridgehead atoms. The minimum Gasteiger partial charge on any atom is -0.399 e. The van der Waals surface area contributed by atoms with E-state index in [1.54, 1.807) is 12.1 Å². The van der Waals surface area contributed by atoms with Gasteiger partial charge in [0.1, 0.15) is 11.9 Å². The molecule has 0 heterocycles. The molecule has 0 unspecified atom stereocenters. The van der Waals surface area contributed by atoms with Gasteiger partial charge in [0, 0.05) is 5.92 Å². The Morgan fingerprint density at radius 1 is 1.08 bits per heavy atom. The quantitative estimate of drug-likeness (QED) is 0.845. The topological polar surface area (TPSA) is 97.4 Å². The van der Waals surface area contributed by atoms with Crippen molar-refractivity contribution < 1.29 is 4.39 Å². The summed E-state index contributed by atoms with van der Waals surface area (Å²) in [4.78, 5) is 0. The van der Waals surface area contributed by atoms with Crippen LogP contribution in [0, 0.1) is 51.1 Å². The predicted octanol–water partition coefficient (Wildman–Crippen LogP) is 3.81. The molecule has 0 aromatic heterocycles. The SMILES string of the molecule is N#CC1=C(N)C(C#N)(C#N)[C@@H](c2ccc(F)cc2)[C@@H]2CCCCC=C12. The standard InChI is InChI=1S/C20H17FN4/c21-14-8-6-13(7-9-14)18-16-5-3-1-2-4-15(16)17(10-22)19(25)20(18,11-23)12-24/h4,6-9,16,18H,1-3,5,25H2/t16-,18+/m1/s1. The van der Waals surface area contributed by atoms with Crippen LogP contribution in [0.15, 0.2) is 47.2 Å². The molecule has 0 radical (unpaired) electrons. The van der Waals surface area contributed by atoms with Crippen LogP contribution in [0.1, 0.15) is 37.2 Å². The Morgan fingerprint density at radius 3 is 2.36 bits per heavy atom. The summed E-state index contributed by atoms with van der Waals surface area (Å²) in [6.45, 7) is 0. The Kier molecular flexibility index (Phi) is 4.30. The molecule has 5 heteroatoms. The summed E-state index contributed by atoms with van der Waals surface area (Å²) in [5.74, 6) is -1.06. The van der Waals surface area contributed by atoms with Gasteiger partial charge in [0.15, 0.2) is 5.41 Å². The number of nitriles is 3. The monoisotopic (exact) mass is 332 g/mol. The molecule has 3 rings (SSSR count). The first-order valence-electron chi connectivity index (χ1n) is 8.27. The van der Waals surface area contributed by atoms with E-state index in [0.717, 1.165) is 31.3 Å². The second-order valence-corrected chi connectivity index (χ2v) is 6.51. The van der Waals surface area contributed by atoms with Crippen molar-refractivity contribution in [2.24, 2.45) is 17.1 Å². The minimum absolute atomic E-state index is 0.0127. The molecule has 2 N–H and O–H groups in total. The molecule has 0 fully saturated rings. The van der Waals surface area contributed by atoms with E-state index < -0.39 is 11.3 Å². The van der Waals surface area contributed by atoms with Gasteiger partial charge in [0.2, 0.25) is 0 Å². The highest BCUT2D eigenvalue weighted by atomic mass is 19.1. The lowest BCUT2D eigenvalue weighted by molar-refractivity contribution is 0.328. The maximum atomic E-state index is 13.4. The molecule has 0 saturated heterocycles. The Hall–Kier alpha value is -3.10. The second-order valence-electron chi connectivity index (χ2n) is 6.51. The first-order chi connectivity index (χ1) is 12.1. The maximum absolute atomic E-state index is 13.4. The average Bonchev–Trinajstić information content (AvgIpc) is 2.87. The number of hydrogen-bond donors (Lipinski definition) is 1. The normalized spacial score (nSPS) is 24.8. The molecule has 2 aliphatic carbocycles. The van der Waals surface area contributed by atoms with Crippen molar-refractivity contribution in [3.8, 4) is 18.2 Å². The van der Waals surface area contributed by atoms with E-state index >= 15 is 0 Å². The number of hydrogen-bond acceptors (Lipinski definition) is 4. The highest BCUT2D eigenvalue weighted by Crippen LogP contribution is 2.55. The molecule has 2 aliphatic rings. The summed E-state index contributed by atoms with van der Waals surface area (Å²) in [5, 5.41) is 29.4. The van der Waals surface area contributed by atoms with E-state index in [2.05, 4.69) is 18.2 Å². The highest BCUT2D eigenvalue weighted by Gasteiger charge is 2.53. The molecule has 1 aromatic carbocycles. The number of fused-ring (bicyclic) bond motifs is 1. The third kappa shape index (κ3) is 2.48. The molecule has 2 atom stereocenters. The van der Waals surface area contributed by atoms with E-state index in [4.69, 9.17) is 5.73 Å². The van der Waals surface area contributed by atoms with Gasteiger partial charge in [-0.25, -0.2) is 4.39 Å². The number of nitrogens with zero attached hydrogens (tertiary/aromatic N) is 3. The van der Waals surface area contributed by atoms with Gasteiger partial charge in [-0.3, -0.25) is 0 Å². The van der Waals surface area contributed by atoms with E-state index in [9.17, 15) is 20.2 Å². The van der Waals surface area contributed by atoms with Crippen LogP contribution in [-0.4, -0.2) is 0 Å². The summed E-state index contributed by atoms with van der Waals surface area (Å²) < 4.78 is 13.4. The van der Waals surface area contributed by atoms with Crippen molar-refractivity contribution in [1.82, 2.24) is 0 Å². The summed E-state index contributed by atoms with van der Waals surface area (Å²) in [6.07, 6.45) is 5.54. The van der Waals surface area contributed by atoms with Gasteiger partial charge >= 0.3 is 0 Å². The number of rotatable bonds is 1. The third-order valence-corrected chi connectivity index (χ3v) is 5.28. The van der Waals surface area contributed by atoms with Crippen LogP contribution in [-0.2, 0) is 0 Å². The van der Waals surface area contributed by atoms with E-state index in [1.165, 1.54) is 12.1 Å². The van der Waals surface area contributed by atoms with E-state index in [1.807, 2.05) is 6.08 Å². The first-order valence-corrected chi connectivity index (χ1v) is 8.27. The summed E-state index contributed by atoms with van der Waals surface area (Å²) in [7, 11) is 0. The molecule has 0 saturated carbocycles. The molecule has 0 spiro atoms. The van der Waals surface area contributed by atoms with Crippen molar-refractivity contribution in [2.75, 3.05) is 0 Å². The lowest BCUT2D eigenvalue weighted by atomic mass is 9.58. The van der Waals surface area contributed by atoms with Gasteiger partial charge < -0.3 is 5.73 Å². The van der Waals surface area contributed by atoms with Gasteiger partial charge in [-0.1, -0.05) is 24.6 Å². The number of halogens is 1. The summed E-state index contributed by atoms with van der Waals surface area (Å²) in [6, 6.07) is 12.1. The van der Waals surface area contributed by atoms with E-state index in [-0.39, 0.29) is 23.0 Å². The zero-order valence-corrected chi connectivity index (χ0v) is 13.7. The third-order valence-electron chi connectivity index (χ3n) is 5.28. The van der Waals surface area contributed by atoms with Gasteiger partial charge in [-0.2, -0.15) is 15.8 Å². The fourth-order valence-electron chi connectivity index (χ4n) is 4.09. The fourth-order valence-corrected chi connectivity index (χ4v) is 4.09. The number of allylic oxidation sites excluding steroid dienone is 4. The lowest BCUT2D eigenvalue weighted by Gasteiger charge is -2.41. The van der Waals surface area contributed by atoms with Gasteiger partial charge in [-0.05, 0) is 48.4 Å². The average molecular weight is 332 g/mol. The second kappa shape index (κ2) is 6.42. The Labute approximate surface area is 146 Å². The molecular weight excluding hydrogens is 315 g/mol.